The summed E-state index contributed by atoms with van der Waals surface area (Å²) in [5.74, 6) is 0. The number of aryl methyl sites for hydroxylation is 1. The summed E-state index contributed by atoms with van der Waals surface area (Å²) in [6.07, 6.45) is 6.63. The number of nitrogens with two attached hydrogens (primary N) is 1. The second-order valence-corrected chi connectivity index (χ2v) is 5.32. The minimum atomic E-state index is 0.277. The SMILES string of the molecule is Cc1cc(N)ccc1NC1(C)CCCCC1. The van der Waals surface area contributed by atoms with Gasteiger partial charge in [0.1, 0.15) is 0 Å². The van der Waals surface area contributed by atoms with E-state index in [1.165, 1.54) is 43.4 Å². The lowest BCUT2D eigenvalue weighted by Crippen LogP contribution is -2.36. The van der Waals surface area contributed by atoms with Gasteiger partial charge in [-0.2, -0.15) is 0 Å². The number of hydrogen-bond donors (Lipinski definition) is 2. The average Bonchev–Trinajstić information content (AvgIpc) is 2.23. The molecule has 88 valence electrons. The van der Waals surface area contributed by atoms with E-state index >= 15 is 0 Å². The maximum Gasteiger partial charge on any atom is 0.0375 e. The third kappa shape index (κ3) is 2.49. The summed E-state index contributed by atoms with van der Waals surface area (Å²) in [6.45, 7) is 4.45. The standard InChI is InChI=1S/C14H22N2/c1-11-10-12(15)6-7-13(11)16-14(2)8-4-3-5-9-14/h6-7,10,16H,3-5,8-9,15H2,1-2H3. The van der Waals surface area contributed by atoms with Gasteiger partial charge in [0.15, 0.2) is 0 Å². The molecule has 16 heavy (non-hydrogen) atoms. The van der Waals surface area contributed by atoms with E-state index in [-0.39, 0.29) is 5.54 Å². The second kappa shape index (κ2) is 4.36. The topological polar surface area (TPSA) is 38.0 Å². The normalized spacial score (nSPS) is 19.4. The lowest BCUT2D eigenvalue weighted by Gasteiger charge is -2.36. The Bertz CT molecular complexity index is 365. The van der Waals surface area contributed by atoms with Crippen molar-refractivity contribution >= 4 is 11.4 Å². The Kier molecular flexibility index (Phi) is 3.08. The van der Waals surface area contributed by atoms with E-state index in [0.717, 1.165) is 5.69 Å². The monoisotopic (exact) mass is 218 g/mol. The van der Waals surface area contributed by atoms with Crippen molar-refractivity contribution in [3.05, 3.63) is 23.8 Å². The summed E-state index contributed by atoms with van der Waals surface area (Å²) in [7, 11) is 0. The molecule has 0 aromatic heterocycles. The van der Waals surface area contributed by atoms with E-state index in [1.54, 1.807) is 0 Å². The van der Waals surface area contributed by atoms with Crippen LogP contribution >= 0.6 is 0 Å². The van der Waals surface area contributed by atoms with Gasteiger partial charge in [0.25, 0.3) is 0 Å². The Hall–Kier alpha value is -1.18. The molecule has 2 heteroatoms. The molecule has 1 aliphatic carbocycles. The van der Waals surface area contributed by atoms with E-state index in [4.69, 9.17) is 5.73 Å². The summed E-state index contributed by atoms with van der Waals surface area (Å²) < 4.78 is 0. The molecule has 0 bridgehead atoms. The van der Waals surface area contributed by atoms with Gasteiger partial charge in [-0.3, -0.25) is 0 Å². The van der Waals surface area contributed by atoms with Crippen LogP contribution in [0, 0.1) is 6.92 Å². The summed E-state index contributed by atoms with van der Waals surface area (Å²) in [5.41, 5.74) is 9.36. The lowest BCUT2D eigenvalue weighted by atomic mass is 9.83. The van der Waals surface area contributed by atoms with Crippen LogP contribution in [0.2, 0.25) is 0 Å². The van der Waals surface area contributed by atoms with Crippen molar-refractivity contribution in [2.45, 2.75) is 51.5 Å². The maximum atomic E-state index is 5.77. The molecular weight excluding hydrogens is 196 g/mol. The summed E-state index contributed by atoms with van der Waals surface area (Å²) in [5, 5.41) is 3.70. The number of nitrogens with one attached hydrogen (secondary N) is 1. The minimum Gasteiger partial charge on any atom is -0.399 e. The Morgan fingerprint density at radius 2 is 1.88 bits per heavy atom. The van der Waals surface area contributed by atoms with E-state index in [9.17, 15) is 0 Å². The third-order valence-electron chi connectivity index (χ3n) is 3.64. The molecule has 1 aromatic carbocycles. The molecule has 0 spiro atoms. The van der Waals surface area contributed by atoms with Gasteiger partial charge in [0.05, 0.1) is 0 Å². The molecule has 2 nitrogen and oxygen atoms in total. The molecule has 0 radical (unpaired) electrons. The average molecular weight is 218 g/mol. The minimum absolute atomic E-state index is 0.277. The van der Waals surface area contributed by atoms with Crippen molar-refractivity contribution in [3.63, 3.8) is 0 Å². The molecule has 1 fully saturated rings. The highest BCUT2D eigenvalue weighted by Crippen LogP contribution is 2.32. The Morgan fingerprint density at radius 3 is 2.50 bits per heavy atom. The van der Waals surface area contributed by atoms with Gasteiger partial charge < -0.3 is 11.1 Å². The van der Waals surface area contributed by atoms with Crippen molar-refractivity contribution in [2.24, 2.45) is 0 Å². The zero-order valence-electron chi connectivity index (χ0n) is 10.3. The molecule has 0 unspecified atom stereocenters. The molecule has 1 aliphatic rings. The zero-order valence-corrected chi connectivity index (χ0v) is 10.3. The Morgan fingerprint density at radius 1 is 1.19 bits per heavy atom. The second-order valence-electron chi connectivity index (χ2n) is 5.32. The van der Waals surface area contributed by atoms with Gasteiger partial charge in [-0.05, 0) is 50.5 Å². The fourth-order valence-corrected chi connectivity index (χ4v) is 2.61. The first-order chi connectivity index (χ1) is 7.59. The lowest BCUT2D eigenvalue weighted by molar-refractivity contribution is 0.349. The molecule has 0 heterocycles. The fourth-order valence-electron chi connectivity index (χ4n) is 2.61. The molecule has 1 aromatic rings. The van der Waals surface area contributed by atoms with Gasteiger partial charge in [0, 0.05) is 16.9 Å². The fraction of sp³-hybridized carbons (Fsp3) is 0.571. The van der Waals surface area contributed by atoms with Gasteiger partial charge in [-0.15, -0.1) is 0 Å². The van der Waals surface area contributed by atoms with Crippen molar-refractivity contribution in [2.75, 3.05) is 11.1 Å². The highest BCUT2D eigenvalue weighted by Gasteiger charge is 2.26. The number of benzene rings is 1. The first-order valence-corrected chi connectivity index (χ1v) is 6.23. The first-order valence-electron chi connectivity index (χ1n) is 6.23. The van der Waals surface area contributed by atoms with Crippen LogP contribution in [-0.2, 0) is 0 Å². The zero-order chi connectivity index (χ0) is 11.6. The first kappa shape index (κ1) is 11.3. The molecule has 0 atom stereocenters. The van der Waals surface area contributed by atoms with Gasteiger partial charge >= 0.3 is 0 Å². The molecule has 3 N–H and O–H groups in total. The Labute approximate surface area is 98.2 Å². The van der Waals surface area contributed by atoms with Gasteiger partial charge in [-0.25, -0.2) is 0 Å². The molecule has 0 aliphatic heterocycles. The van der Waals surface area contributed by atoms with Gasteiger partial charge in [-0.1, -0.05) is 19.3 Å². The number of anilines is 2. The van der Waals surface area contributed by atoms with Crippen LogP contribution in [0.4, 0.5) is 11.4 Å². The van der Waals surface area contributed by atoms with Crippen molar-refractivity contribution in [3.8, 4) is 0 Å². The predicted molar refractivity (Wildman–Crippen MR) is 70.7 cm³/mol. The predicted octanol–water partition coefficient (Wildman–Crippen LogP) is 3.71. The molecule has 1 saturated carbocycles. The van der Waals surface area contributed by atoms with Crippen LogP contribution < -0.4 is 11.1 Å². The van der Waals surface area contributed by atoms with Crippen molar-refractivity contribution in [1.82, 2.24) is 0 Å². The van der Waals surface area contributed by atoms with Crippen molar-refractivity contribution in [1.29, 1.82) is 0 Å². The van der Waals surface area contributed by atoms with Crippen LogP contribution in [-0.4, -0.2) is 5.54 Å². The molecule has 0 saturated heterocycles. The van der Waals surface area contributed by atoms with Crippen LogP contribution in [0.3, 0.4) is 0 Å². The molecule has 2 rings (SSSR count). The Balaban J connectivity index is 2.13. The van der Waals surface area contributed by atoms with Crippen LogP contribution in [0.25, 0.3) is 0 Å². The largest absolute Gasteiger partial charge is 0.399 e. The van der Waals surface area contributed by atoms with Crippen LogP contribution in [0.1, 0.15) is 44.6 Å². The smallest absolute Gasteiger partial charge is 0.0375 e. The van der Waals surface area contributed by atoms with Gasteiger partial charge in [0.2, 0.25) is 0 Å². The number of nitrogen functional groups attached to an aromatic ring is 1. The van der Waals surface area contributed by atoms with Crippen LogP contribution in [0.15, 0.2) is 18.2 Å². The third-order valence-corrected chi connectivity index (χ3v) is 3.64. The van der Waals surface area contributed by atoms with E-state index in [2.05, 4.69) is 25.2 Å². The maximum absolute atomic E-state index is 5.77. The van der Waals surface area contributed by atoms with E-state index in [1.807, 2.05) is 12.1 Å². The summed E-state index contributed by atoms with van der Waals surface area (Å²) in [6, 6.07) is 6.11. The quantitative estimate of drug-likeness (QED) is 0.743. The summed E-state index contributed by atoms with van der Waals surface area (Å²) in [4.78, 5) is 0. The van der Waals surface area contributed by atoms with E-state index in [0.29, 0.717) is 0 Å². The van der Waals surface area contributed by atoms with Crippen molar-refractivity contribution < 1.29 is 0 Å². The van der Waals surface area contributed by atoms with E-state index < -0.39 is 0 Å². The number of hydrogen-bond acceptors (Lipinski definition) is 2. The van der Waals surface area contributed by atoms with Crippen LogP contribution in [0.5, 0.6) is 0 Å². The number of rotatable bonds is 2. The molecular formula is C14H22N2. The summed E-state index contributed by atoms with van der Waals surface area (Å²) >= 11 is 0. The highest BCUT2D eigenvalue weighted by atomic mass is 15.0. The molecule has 0 amide bonds. The highest BCUT2D eigenvalue weighted by molar-refractivity contribution is 5.58.